The normalized spacial score (nSPS) is 14.7. The third kappa shape index (κ3) is 5.64. The second kappa shape index (κ2) is 11.0. The number of likely N-dealkylation sites (N-methyl/N-ethyl adjacent to an activating group) is 1. The maximum absolute atomic E-state index is 13.1. The number of piperazine rings is 1. The molecule has 36 heavy (non-hydrogen) atoms. The van der Waals surface area contributed by atoms with E-state index in [0.29, 0.717) is 13.0 Å². The van der Waals surface area contributed by atoms with E-state index in [2.05, 4.69) is 64.6 Å². The summed E-state index contributed by atoms with van der Waals surface area (Å²) in [6, 6.07) is 27.1. The Morgan fingerprint density at radius 1 is 0.861 bits per heavy atom. The fraction of sp³-hybridized carbons (Fsp3) is 0.290. The Bertz CT molecular complexity index is 1330. The maximum atomic E-state index is 13.1. The molecule has 1 saturated heterocycles. The summed E-state index contributed by atoms with van der Waals surface area (Å²) in [7, 11) is 2.18. The number of amides is 1. The molecule has 1 aromatic heterocycles. The molecule has 0 aliphatic carbocycles. The first-order valence-electron chi connectivity index (χ1n) is 12.8. The number of para-hydroxylation sites is 1. The van der Waals surface area contributed by atoms with Crippen molar-refractivity contribution in [2.75, 3.05) is 33.2 Å². The van der Waals surface area contributed by atoms with Crippen molar-refractivity contribution < 1.29 is 4.79 Å². The van der Waals surface area contributed by atoms with E-state index in [1.54, 1.807) is 0 Å². The van der Waals surface area contributed by atoms with Crippen LogP contribution < -0.4 is 5.32 Å². The molecule has 2 heterocycles. The highest BCUT2D eigenvalue weighted by Crippen LogP contribution is 2.33. The lowest BCUT2D eigenvalue weighted by Crippen LogP contribution is -2.43. The summed E-state index contributed by atoms with van der Waals surface area (Å²) < 4.78 is 0. The fourth-order valence-electron chi connectivity index (χ4n) is 4.98. The number of fused-ring (bicyclic) bond motifs is 1. The van der Waals surface area contributed by atoms with Crippen LogP contribution >= 0.6 is 0 Å². The number of benzene rings is 3. The zero-order valence-corrected chi connectivity index (χ0v) is 21.2. The summed E-state index contributed by atoms with van der Waals surface area (Å²) in [6.07, 6.45) is 0.301. The van der Waals surface area contributed by atoms with Crippen LogP contribution in [0.3, 0.4) is 0 Å². The number of pyridine rings is 1. The van der Waals surface area contributed by atoms with E-state index in [1.165, 1.54) is 5.56 Å². The minimum atomic E-state index is 0.00822. The van der Waals surface area contributed by atoms with E-state index in [9.17, 15) is 4.79 Å². The molecule has 3 aromatic carbocycles. The summed E-state index contributed by atoms with van der Waals surface area (Å²) in [5, 5.41) is 4.20. The third-order valence-corrected chi connectivity index (χ3v) is 7.11. The van der Waals surface area contributed by atoms with Gasteiger partial charge in [-0.3, -0.25) is 14.7 Å². The molecule has 5 heteroatoms. The monoisotopic (exact) mass is 478 g/mol. The molecule has 0 atom stereocenters. The molecule has 0 saturated carbocycles. The van der Waals surface area contributed by atoms with E-state index in [0.717, 1.165) is 71.6 Å². The van der Waals surface area contributed by atoms with Crippen LogP contribution in [0, 0.1) is 6.92 Å². The van der Waals surface area contributed by atoms with Crippen LogP contribution in [0.25, 0.3) is 22.0 Å². The molecule has 4 aromatic rings. The molecule has 184 valence electrons. The number of rotatable bonds is 7. The lowest BCUT2D eigenvalue weighted by Gasteiger charge is -2.32. The van der Waals surface area contributed by atoms with Crippen LogP contribution in [0.5, 0.6) is 0 Å². The summed E-state index contributed by atoms with van der Waals surface area (Å²) in [5.41, 5.74) is 7.48. The first-order valence-corrected chi connectivity index (χ1v) is 12.8. The molecule has 1 aliphatic heterocycles. The van der Waals surface area contributed by atoms with Gasteiger partial charge < -0.3 is 10.2 Å². The average molecular weight is 479 g/mol. The number of aromatic nitrogens is 1. The van der Waals surface area contributed by atoms with Gasteiger partial charge in [0.05, 0.1) is 11.9 Å². The van der Waals surface area contributed by atoms with Crippen LogP contribution in [0.2, 0.25) is 0 Å². The van der Waals surface area contributed by atoms with Crippen molar-refractivity contribution in [1.29, 1.82) is 0 Å². The van der Waals surface area contributed by atoms with Crippen molar-refractivity contribution in [3.05, 3.63) is 101 Å². The fourth-order valence-corrected chi connectivity index (χ4v) is 4.98. The summed E-state index contributed by atoms with van der Waals surface area (Å²) in [6.45, 7) is 7.99. The van der Waals surface area contributed by atoms with Gasteiger partial charge in [0.1, 0.15) is 0 Å². The van der Waals surface area contributed by atoms with Crippen molar-refractivity contribution >= 4 is 16.8 Å². The van der Waals surface area contributed by atoms with E-state index in [1.807, 2.05) is 43.3 Å². The lowest BCUT2D eigenvalue weighted by molar-refractivity contribution is -0.120. The van der Waals surface area contributed by atoms with Crippen molar-refractivity contribution in [2.45, 2.75) is 26.4 Å². The van der Waals surface area contributed by atoms with Crippen LogP contribution in [0.4, 0.5) is 0 Å². The minimum Gasteiger partial charge on any atom is -0.352 e. The molecule has 1 aliphatic rings. The van der Waals surface area contributed by atoms with Gasteiger partial charge in [-0.05, 0) is 47.9 Å². The predicted octanol–water partition coefficient (Wildman–Crippen LogP) is 4.82. The van der Waals surface area contributed by atoms with Gasteiger partial charge in [0.2, 0.25) is 5.91 Å². The summed E-state index contributed by atoms with van der Waals surface area (Å²) >= 11 is 0. The third-order valence-electron chi connectivity index (χ3n) is 7.11. The Morgan fingerprint density at radius 3 is 2.28 bits per heavy atom. The highest BCUT2D eigenvalue weighted by molar-refractivity contribution is 5.98. The molecule has 1 N–H and O–H groups in total. The minimum absolute atomic E-state index is 0.00822. The van der Waals surface area contributed by atoms with Crippen molar-refractivity contribution in [2.24, 2.45) is 0 Å². The molecule has 1 fully saturated rings. The number of hydrogen-bond acceptors (Lipinski definition) is 4. The van der Waals surface area contributed by atoms with Crippen LogP contribution in [0.1, 0.15) is 22.4 Å². The molecular formula is C31H34N4O. The second-order valence-electron chi connectivity index (χ2n) is 9.78. The number of nitrogens with one attached hydrogen (secondary N) is 1. The van der Waals surface area contributed by atoms with Crippen molar-refractivity contribution in [1.82, 2.24) is 20.1 Å². The molecule has 5 nitrogen and oxygen atoms in total. The quantitative estimate of drug-likeness (QED) is 0.414. The molecular weight excluding hydrogens is 444 g/mol. The van der Waals surface area contributed by atoms with Crippen molar-refractivity contribution in [3.8, 4) is 11.1 Å². The standard InChI is InChI=1S/C31H34N4O/c1-23-28(31(26-8-4-3-5-9-26)27-10-6-7-11-29(27)33-23)20-30(36)32-21-24-12-14-25(15-13-24)22-35-18-16-34(2)17-19-35/h3-15H,16-22H2,1-2H3,(H,32,36). The number of hydrogen-bond donors (Lipinski definition) is 1. The van der Waals surface area contributed by atoms with E-state index in [-0.39, 0.29) is 5.91 Å². The molecule has 0 bridgehead atoms. The molecule has 1 amide bonds. The number of aryl methyl sites for hydroxylation is 1. The van der Waals surface area contributed by atoms with Gasteiger partial charge in [-0.1, -0.05) is 72.8 Å². The topological polar surface area (TPSA) is 48.5 Å². The highest BCUT2D eigenvalue weighted by Gasteiger charge is 2.17. The number of nitrogens with zero attached hydrogens (tertiary/aromatic N) is 3. The van der Waals surface area contributed by atoms with Crippen LogP contribution in [-0.4, -0.2) is 53.9 Å². The Kier molecular flexibility index (Phi) is 7.40. The van der Waals surface area contributed by atoms with Gasteiger partial charge in [0.25, 0.3) is 0 Å². The van der Waals surface area contributed by atoms with Gasteiger partial charge >= 0.3 is 0 Å². The van der Waals surface area contributed by atoms with Crippen molar-refractivity contribution in [3.63, 3.8) is 0 Å². The summed E-state index contributed by atoms with van der Waals surface area (Å²) in [5.74, 6) is 0.00822. The number of carbonyl (C=O) groups excluding carboxylic acids is 1. The Labute approximate surface area is 213 Å². The first kappa shape index (κ1) is 24.2. The van der Waals surface area contributed by atoms with Gasteiger partial charge in [-0.25, -0.2) is 0 Å². The highest BCUT2D eigenvalue weighted by atomic mass is 16.1. The first-order chi connectivity index (χ1) is 17.6. The largest absolute Gasteiger partial charge is 0.352 e. The molecule has 0 radical (unpaired) electrons. The van der Waals surface area contributed by atoms with Gasteiger partial charge in [0.15, 0.2) is 0 Å². The summed E-state index contributed by atoms with van der Waals surface area (Å²) in [4.78, 5) is 22.7. The van der Waals surface area contributed by atoms with Crippen LogP contribution in [-0.2, 0) is 24.3 Å². The SMILES string of the molecule is Cc1nc2ccccc2c(-c2ccccc2)c1CC(=O)NCc1ccc(CN2CCN(C)CC2)cc1. The molecule has 0 spiro atoms. The predicted molar refractivity (Wildman–Crippen MR) is 147 cm³/mol. The molecule has 0 unspecified atom stereocenters. The lowest BCUT2D eigenvalue weighted by atomic mass is 9.92. The average Bonchev–Trinajstić information content (AvgIpc) is 2.90. The Hall–Kier alpha value is -3.54. The van der Waals surface area contributed by atoms with E-state index >= 15 is 0 Å². The number of carbonyl (C=O) groups is 1. The smallest absolute Gasteiger partial charge is 0.224 e. The maximum Gasteiger partial charge on any atom is 0.224 e. The van der Waals surface area contributed by atoms with E-state index in [4.69, 9.17) is 4.98 Å². The Morgan fingerprint density at radius 2 is 1.53 bits per heavy atom. The van der Waals surface area contributed by atoms with E-state index < -0.39 is 0 Å². The van der Waals surface area contributed by atoms with Gasteiger partial charge in [0, 0.05) is 50.3 Å². The molecule has 5 rings (SSSR count). The zero-order chi connectivity index (χ0) is 24.9. The second-order valence-corrected chi connectivity index (χ2v) is 9.78. The Balaban J connectivity index is 1.27. The zero-order valence-electron chi connectivity index (χ0n) is 21.2. The van der Waals surface area contributed by atoms with Gasteiger partial charge in [-0.15, -0.1) is 0 Å². The van der Waals surface area contributed by atoms with Gasteiger partial charge in [-0.2, -0.15) is 0 Å². The van der Waals surface area contributed by atoms with Crippen LogP contribution in [0.15, 0.2) is 78.9 Å².